The number of nitrogens with zero attached hydrogens (tertiary/aromatic N) is 1. The van der Waals surface area contributed by atoms with Crippen molar-refractivity contribution in [3.63, 3.8) is 0 Å². The van der Waals surface area contributed by atoms with E-state index in [2.05, 4.69) is 0 Å². The minimum Gasteiger partial charge on any atom is -0.481 e. The van der Waals surface area contributed by atoms with Crippen molar-refractivity contribution in [2.24, 2.45) is 11.3 Å². The Balaban J connectivity index is 1.93. The molecule has 0 aliphatic carbocycles. The lowest BCUT2D eigenvalue weighted by Gasteiger charge is -2.48. The van der Waals surface area contributed by atoms with E-state index in [0.29, 0.717) is 19.7 Å². The average Bonchev–Trinajstić information content (AvgIpc) is 2.55. The van der Waals surface area contributed by atoms with Crippen molar-refractivity contribution in [3.8, 4) is 0 Å². The van der Waals surface area contributed by atoms with Crippen LogP contribution in [0.15, 0.2) is 0 Å². The molecule has 6 nitrogen and oxygen atoms in total. The van der Waals surface area contributed by atoms with Gasteiger partial charge in [-0.1, -0.05) is 0 Å². The Morgan fingerprint density at radius 3 is 2.50 bits per heavy atom. The Bertz CT molecular complexity index is 367. The molecule has 1 amide bonds. The molecular formula is C12H19NO5. The number of rotatable bonds is 1. The van der Waals surface area contributed by atoms with Crippen LogP contribution in [-0.2, 0) is 14.3 Å². The third kappa shape index (κ3) is 2.29. The molecule has 2 aliphatic rings. The normalized spacial score (nSPS) is 25.9. The molecule has 1 N–H and O–H groups in total. The zero-order valence-corrected chi connectivity index (χ0v) is 10.9. The highest BCUT2D eigenvalue weighted by Crippen LogP contribution is 2.43. The fourth-order valence-corrected chi connectivity index (χ4v) is 2.47. The Hall–Kier alpha value is -1.30. The van der Waals surface area contributed by atoms with Crippen LogP contribution in [0.3, 0.4) is 0 Å². The minimum atomic E-state index is -0.851. The van der Waals surface area contributed by atoms with Gasteiger partial charge in [0.2, 0.25) is 0 Å². The van der Waals surface area contributed by atoms with Crippen LogP contribution in [0, 0.1) is 11.3 Å². The first-order valence-corrected chi connectivity index (χ1v) is 6.02. The molecule has 18 heavy (non-hydrogen) atoms. The molecule has 102 valence electrons. The fraction of sp³-hybridized carbons (Fsp3) is 0.833. The van der Waals surface area contributed by atoms with Gasteiger partial charge in [-0.15, -0.1) is 0 Å². The number of likely N-dealkylation sites (tertiary alicyclic amines) is 1. The lowest BCUT2D eigenvalue weighted by atomic mass is 9.72. The van der Waals surface area contributed by atoms with E-state index in [9.17, 15) is 9.59 Å². The highest BCUT2D eigenvalue weighted by molar-refractivity contribution is 5.74. The first-order valence-electron chi connectivity index (χ1n) is 6.02. The molecule has 2 heterocycles. The van der Waals surface area contributed by atoms with Gasteiger partial charge < -0.3 is 19.5 Å². The summed E-state index contributed by atoms with van der Waals surface area (Å²) in [6, 6.07) is 0. The number of carboxylic acids is 1. The van der Waals surface area contributed by atoms with E-state index in [0.717, 1.165) is 0 Å². The summed E-state index contributed by atoms with van der Waals surface area (Å²) in [5.74, 6) is -1.37. The Kier molecular flexibility index (Phi) is 3.01. The standard InChI is InChI=1S/C12H19NO5/c1-11(2,3)18-10(16)13-5-12(6-13)7-17-4-8(12)9(14)15/h8H,4-7H2,1-3H3,(H,14,15)/t8-/m1/s1. The Labute approximate surface area is 106 Å². The summed E-state index contributed by atoms with van der Waals surface area (Å²) in [7, 11) is 0. The number of amides is 1. The molecule has 2 fully saturated rings. The molecule has 0 aromatic rings. The third-order valence-corrected chi connectivity index (χ3v) is 3.37. The molecule has 2 saturated heterocycles. The van der Waals surface area contributed by atoms with Crippen molar-refractivity contribution in [1.29, 1.82) is 0 Å². The van der Waals surface area contributed by atoms with Crippen molar-refractivity contribution in [2.45, 2.75) is 26.4 Å². The summed E-state index contributed by atoms with van der Waals surface area (Å²) in [6.07, 6.45) is -0.385. The van der Waals surface area contributed by atoms with Crippen LogP contribution in [0.25, 0.3) is 0 Å². The number of carbonyl (C=O) groups is 2. The second kappa shape index (κ2) is 4.12. The van der Waals surface area contributed by atoms with E-state index in [1.54, 1.807) is 20.8 Å². The van der Waals surface area contributed by atoms with E-state index in [1.165, 1.54) is 4.90 Å². The Morgan fingerprint density at radius 1 is 1.39 bits per heavy atom. The van der Waals surface area contributed by atoms with Crippen LogP contribution in [0.5, 0.6) is 0 Å². The summed E-state index contributed by atoms with van der Waals surface area (Å²) in [5, 5.41) is 9.11. The molecular weight excluding hydrogens is 238 g/mol. The molecule has 0 bridgehead atoms. The summed E-state index contributed by atoms with van der Waals surface area (Å²) in [5.41, 5.74) is -0.944. The molecule has 2 rings (SSSR count). The van der Waals surface area contributed by atoms with Crippen LogP contribution in [0.1, 0.15) is 20.8 Å². The van der Waals surface area contributed by atoms with E-state index in [-0.39, 0.29) is 12.7 Å². The molecule has 0 saturated carbocycles. The fourth-order valence-electron chi connectivity index (χ4n) is 2.47. The van der Waals surface area contributed by atoms with Gasteiger partial charge in [-0.05, 0) is 20.8 Å². The molecule has 6 heteroatoms. The van der Waals surface area contributed by atoms with Gasteiger partial charge in [-0.25, -0.2) is 4.79 Å². The molecule has 1 spiro atoms. The maximum atomic E-state index is 11.8. The number of aliphatic carboxylic acids is 1. The van der Waals surface area contributed by atoms with Crippen LogP contribution in [0.4, 0.5) is 4.79 Å². The van der Waals surface area contributed by atoms with E-state index >= 15 is 0 Å². The first kappa shape index (κ1) is 13.1. The van der Waals surface area contributed by atoms with Crippen molar-refractivity contribution in [1.82, 2.24) is 4.90 Å². The molecule has 0 unspecified atom stereocenters. The van der Waals surface area contributed by atoms with Gasteiger partial charge in [0.25, 0.3) is 0 Å². The maximum Gasteiger partial charge on any atom is 0.410 e. The van der Waals surface area contributed by atoms with Gasteiger partial charge in [-0.2, -0.15) is 0 Å². The van der Waals surface area contributed by atoms with Gasteiger partial charge >= 0.3 is 12.1 Å². The SMILES string of the molecule is CC(C)(C)OC(=O)N1CC2(COC[C@@H]2C(=O)O)C1. The second-order valence-corrected chi connectivity index (χ2v) is 6.10. The smallest absolute Gasteiger partial charge is 0.410 e. The van der Waals surface area contributed by atoms with Crippen LogP contribution < -0.4 is 0 Å². The van der Waals surface area contributed by atoms with Crippen molar-refractivity contribution in [2.75, 3.05) is 26.3 Å². The van der Waals surface area contributed by atoms with E-state index in [4.69, 9.17) is 14.6 Å². The lowest BCUT2D eigenvalue weighted by Crippen LogP contribution is -2.63. The van der Waals surface area contributed by atoms with E-state index in [1.807, 2.05) is 0 Å². The summed E-state index contributed by atoms with van der Waals surface area (Å²) in [4.78, 5) is 24.4. The predicted octanol–water partition coefficient (Wildman–Crippen LogP) is 0.954. The van der Waals surface area contributed by atoms with Crippen LogP contribution in [-0.4, -0.2) is 54.0 Å². The highest BCUT2D eigenvalue weighted by atomic mass is 16.6. The second-order valence-electron chi connectivity index (χ2n) is 6.10. The average molecular weight is 257 g/mol. The van der Waals surface area contributed by atoms with Crippen LogP contribution >= 0.6 is 0 Å². The third-order valence-electron chi connectivity index (χ3n) is 3.37. The van der Waals surface area contributed by atoms with Crippen LogP contribution in [0.2, 0.25) is 0 Å². The van der Waals surface area contributed by atoms with Gasteiger partial charge in [0.05, 0.1) is 19.1 Å². The van der Waals surface area contributed by atoms with Crippen molar-refractivity contribution < 1.29 is 24.2 Å². The molecule has 0 aromatic carbocycles. The zero-order valence-electron chi connectivity index (χ0n) is 10.9. The summed E-state index contributed by atoms with van der Waals surface area (Å²) in [6.45, 7) is 6.86. The van der Waals surface area contributed by atoms with Gasteiger partial charge in [0.1, 0.15) is 5.60 Å². The highest BCUT2D eigenvalue weighted by Gasteiger charge is 2.57. The van der Waals surface area contributed by atoms with Crippen molar-refractivity contribution in [3.05, 3.63) is 0 Å². The lowest BCUT2D eigenvalue weighted by molar-refractivity contribution is -0.149. The quantitative estimate of drug-likeness (QED) is 0.757. The largest absolute Gasteiger partial charge is 0.481 e. The topological polar surface area (TPSA) is 76.1 Å². The maximum absolute atomic E-state index is 11.8. The number of carbonyl (C=O) groups excluding carboxylic acids is 1. The molecule has 1 atom stereocenters. The van der Waals surface area contributed by atoms with E-state index < -0.39 is 22.9 Å². The number of hydrogen-bond acceptors (Lipinski definition) is 4. The molecule has 2 aliphatic heterocycles. The minimum absolute atomic E-state index is 0.234. The number of hydrogen-bond donors (Lipinski definition) is 1. The number of carboxylic acid groups (broad SMARTS) is 1. The number of ether oxygens (including phenoxy) is 2. The van der Waals surface area contributed by atoms with Gasteiger partial charge in [0.15, 0.2) is 0 Å². The van der Waals surface area contributed by atoms with Gasteiger partial charge in [0, 0.05) is 18.5 Å². The van der Waals surface area contributed by atoms with Gasteiger partial charge in [-0.3, -0.25) is 4.79 Å². The van der Waals surface area contributed by atoms with Crippen molar-refractivity contribution >= 4 is 12.1 Å². The predicted molar refractivity (Wildman–Crippen MR) is 62.2 cm³/mol. The zero-order chi connectivity index (χ0) is 13.6. The molecule has 0 aromatic heterocycles. The monoisotopic (exact) mass is 257 g/mol. The Morgan fingerprint density at radius 2 is 2.00 bits per heavy atom. The molecule has 0 radical (unpaired) electrons. The first-order chi connectivity index (χ1) is 8.23. The summed E-state index contributed by atoms with van der Waals surface area (Å²) >= 11 is 0. The summed E-state index contributed by atoms with van der Waals surface area (Å²) < 4.78 is 10.5.